The van der Waals surface area contributed by atoms with Crippen LogP contribution in [0.1, 0.15) is 5.01 Å². The van der Waals surface area contributed by atoms with Crippen molar-refractivity contribution in [1.82, 2.24) is 19.2 Å². The Morgan fingerprint density at radius 3 is 2.48 bits per heavy atom. The third kappa shape index (κ3) is 4.08. The molecular weight excluding hydrogens is 380 g/mol. The first-order chi connectivity index (χ1) is 13.1. The molecule has 27 heavy (non-hydrogen) atoms. The highest BCUT2D eigenvalue weighted by Crippen LogP contribution is 2.23. The summed E-state index contributed by atoms with van der Waals surface area (Å²) < 4.78 is 26.9. The number of sulfonamides is 1. The van der Waals surface area contributed by atoms with E-state index in [0.29, 0.717) is 26.2 Å². The molecule has 1 aliphatic rings. The van der Waals surface area contributed by atoms with E-state index < -0.39 is 10.0 Å². The molecule has 0 atom stereocenters. The zero-order valence-corrected chi connectivity index (χ0v) is 16.4. The average Bonchev–Trinajstić information content (AvgIpc) is 3.18. The molecule has 1 fully saturated rings. The van der Waals surface area contributed by atoms with Crippen LogP contribution in [0.25, 0.3) is 11.3 Å². The molecule has 1 aliphatic heterocycles. The SMILES string of the molecule is O=S(=O)(c1cccnc1)N1CCN(Cc2nc(-c3ccccc3)cs2)CC1. The lowest BCUT2D eigenvalue weighted by atomic mass is 10.2. The molecule has 8 heteroatoms. The van der Waals surface area contributed by atoms with E-state index in [4.69, 9.17) is 4.98 Å². The Morgan fingerprint density at radius 2 is 1.78 bits per heavy atom. The first-order valence-corrected chi connectivity index (χ1v) is 11.1. The van der Waals surface area contributed by atoms with E-state index in [2.05, 4.69) is 27.4 Å². The van der Waals surface area contributed by atoms with E-state index in [1.165, 1.54) is 10.5 Å². The molecule has 0 N–H and O–H groups in total. The first-order valence-electron chi connectivity index (χ1n) is 8.75. The molecule has 3 heterocycles. The van der Waals surface area contributed by atoms with Crippen molar-refractivity contribution in [2.45, 2.75) is 11.4 Å². The number of piperazine rings is 1. The second kappa shape index (κ2) is 7.85. The van der Waals surface area contributed by atoms with E-state index in [9.17, 15) is 8.42 Å². The van der Waals surface area contributed by atoms with Crippen molar-refractivity contribution < 1.29 is 8.42 Å². The summed E-state index contributed by atoms with van der Waals surface area (Å²) in [5.74, 6) is 0. The minimum absolute atomic E-state index is 0.255. The van der Waals surface area contributed by atoms with Gasteiger partial charge in [-0.15, -0.1) is 11.3 Å². The van der Waals surface area contributed by atoms with Crippen molar-refractivity contribution in [1.29, 1.82) is 0 Å². The molecule has 0 unspecified atom stereocenters. The van der Waals surface area contributed by atoms with E-state index >= 15 is 0 Å². The van der Waals surface area contributed by atoms with Gasteiger partial charge in [0, 0.05) is 49.5 Å². The van der Waals surface area contributed by atoms with Gasteiger partial charge >= 0.3 is 0 Å². The van der Waals surface area contributed by atoms with Gasteiger partial charge in [-0.25, -0.2) is 13.4 Å². The lowest BCUT2D eigenvalue weighted by Crippen LogP contribution is -2.48. The monoisotopic (exact) mass is 400 g/mol. The van der Waals surface area contributed by atoms with Crippen LogP contribution in [0.3, 0.4) is 0 Å². The van der Waals surface area contributed by atoms with Crippen molar-refractivity contribution in [2.24, 2.45) is 0 Å². The molecule has 3 aromatic rings. The average molecular weight is 401 g/mol. The van der Waals surface area contributed by atoms with Crippen molar-refractivity contribution in [3.63, 3.8) is 0 Å². The Balaban J connectivity index is 1.37. The lowest BCUT2D eigenvalue weighted by molar-refractivity contribution is 0.181. The molecule has 0 saturated carbocycles. The van der Waals surface area contributed by atoms with Crippen molar-refractivity contribution in [3.05, 3.63) is 65.2 Å². The highest BCUT2D eigenvalue weighted by Gasteiger charge is 2.28. The summed E-state index contributed by atoms with van der Waals surface area (Å²) in [5, 5.41) is 3.13. The maximum atomic E-state index is 12.7. The second-order valence-corrected chi connectivity index (χ2v) is 9.24. The van der Waals surface area contributed by atoms with E-state index in [1.807, 2.05) is 18.2 Å². The van der Waals surface area contributed by atoms with Gasteiger partial charge in [-0.2, -0.15) is 4.31 Å². The molecule has 6 nitrogen and oxygen atoms in total. The minimum Gasteiger partial charge on any atom is -0.294 e. The molecule has 1 saturated heterocycles. The maximum absolute atomic E-state index is 12.7. The van der Waals surface area contributed by atoms with E-state index in [0.717, 1.165) is 22.8 Å². The number of aromatic nitrogens is 2. The molecular formula is C19H20N4O2S2. The zero-order valence-electron chi connectivity index (χ0n) is 14.7. The number of hydrogen-bond donors (Lipinski definition) is 0. The Labute approximate surface area is 163 Å². The summed E-state index contributed by atoms with van der Waals surface area (Å²) in [4.78, 5) is 11.2. The first kappa shape index (κ1) is 18.2. The Kier molecular flexibility index (Phi) is 5.31. The van der Waals surface area contributed by atoms with Crippen LogP contribution in [-0.4, -0.2) is 53.8 Å². The summed E-state index contributed by atoms with van der Waals surface area (Å²) in [6, 6.07) is 13.4. The predicted octanol–water partition coefficient (Wildman–Crippen LogP) is 2.71. The van der Waals surface area contributed by atoms with Gasteiger partial charge in [0.15, 0.2) is 0 Å². The van der Waals surface area contributed by atoms with E-state index in [-0.39, 0.29) is 4.90 Å². The Hall–Kier alpha value is -2.13. The highest BCUT2D eigenvalue weighted by atomic mass is 32.2. The van der Waals surface area contributed by atoms with Crippen LogP contribution >= 0.6 is 11.3 Å². The van der Waals surface area contributed by atoms with Gasteiger partial charge in [-0.1, -0.05) is 30.3 Å². The van der Waals surface area contributed by atoms with Crippen LogP contribution in [0, 0.1) is 0 Å². The van der Waals surface area contributed by atoms with E-state index in [1.54, 1.807) is 29.7 Å². The molecule has 0 radical (unpaired) electrons. The van der Waals surface area contributed by atoms with Gasteiger partial charge in [-0.05, 0) is 12.1 Å². The van der Waals surface area contributed by atoms with Crippen LogP contribution in [-0.2, 0) is 16.6 Å². The standard InChI is InChI=1S/C19H20N4O2S2/c24-27(25,17-7-4-8-20-13-17)23-11-9-22(10-12-23)14-19-21-18(15-26-19)16-5-2-1-3-6-16/h1-8,13,15H,9-12,14H2. The smallest absolute Gasteiger partial charge is 0.244 e. The van der Waals surface area contributed by atoms with Gasteiger partial charge in [-0.3, -0.25) is 9.88 Å². The van der Waals surface area contributed by atoms with Gasteiger partial charge in [0.05, 0.1) is 12.2 Å². The third-order valence-corrected chi connectivity index (χ3v) is 7.30. The molecule has 0 aliphatic carbocycles. The van der Waals surface area contributed by atoms with Crippen molar-refractivity contribution >= 4 is 21.4 Å². The molecule has 0 bridgehead atoms. The number of nitrogens with zero attached hydrogens (tertiary/aromatic N) is 4. The fourth-order valence-corrected chi connectivity index (χ4v) is 5.32. The number of pyridine rings is 1. The quantitative estimate of drug-likeness (QED) is 0.659. The second-order valence-electron chi connectivity index (χ2n) is 6.36. The normalized spacial score (nSPS) is 16.4. The Bertz CT molecular complexity index is 983. The topological polar surface area (TPSA) is 66.4 Å². The molecule has 140 valence electrons. The zero-order chi connectivity index (χ0) is 18.7. The number of benzene rings is 1. The minimum atomic E-state index is -3.46. The predicted molar refractivity (Wildman–Crippen MR) is 106 cm³/mol. The molecule has 2 aromatic heterocycles. The van der Waals surface area contributed by atoms with Gasteiger partial charge < -0.3 is 0 Å². The van der Waals surface area contributed by atoms with Crippen LogP contribution in [0.15, 0.2) is 65.1 Å². The summed E-state index contributed by atoms with van der Waals surface area (Å²) in [6.07, 6.45) is 2.98. The largest absolute Gasteiger partial charge is 0.294 e. The van der Waals surface area contributed by atoms with Crippen LogP contribution in [0.5, 0.6) is 0 Å². The van der Waals surface area contributed by atoms with Crippen LogP contribution < -0.4 is 0 Å². The van der Waals surface area contributed by atoms with Crippen molar-refractivity contribution in [2.75, 3.05) is 26.2 Å². The van der Waals surface area contributed by atoms with Crippen LogP contribution in [0.4, 0.5) is 0 Å². The molecule has 4 rings (SSSR count). The fourth-order valence-electron chi connectivity index (χ4n) is 3.09. The number of hydrogen-bond acceptors (Lipinski definition) is 6. The maximum Gasteiger partial charge on any atom is 0.244 e. The summed E-state index contributed by atoms with van der Waals surface area (Å²) in [6.45, 7) is 3.10. The fraction of sp³-hybridized carbons (Fsp3) is 0.263. The molecule has 1 aromatic carbocycles. The van der Waals surface area contributed by atoms with Gasteiger partial charge in [0.1, 0.15) is 9.90 Å². The molecule has 0 amide bonds. The summed E-state index contributed by atoms with van der Waals surface area (Å²) in [7, 11) is -3.46. The summed E-state index contributed by atoms with van der Waals surface area (Å²) >= 11 is 1.65. The number of rotatable bonds is 5. The summed E-state index contributed by atoms with van der Waals surface area (Å²) in [5.41, 5.74) is 2.11. The third-order valence-electron chi connectivity index (χ3n) is 4.58. The number of thiazole rings is 1. The van der Waals surface area contributed by atoms with Crippen molar-refractivity contribution in [3.8, 4) is 11.3 Å². The van der Waals surface area contributed by atoms with Crippen LogP contribution in [0.2, 0.25) is 0 Å². The Morgan fingerprint density at radius 1 is 1.00 bits per heavy atom. The van der Waals surface area contributed by atoms with Gasteiger partial charge in [0.2, 0.25) is 10.0 Å². The van der Waals surface area contributed by atoms with Gasteiger partial charge in [0.25, 0.3) is 0 Å². The highest BCUT2D eigenvalue weighted by molar-refractivity contribution is 7.89. The molecule has 0 spiro atoms. The lowest BCUT2D eigenvalue weighted by Gasteiger charge is -2.33.